The zero-order valence-electron chi connectivity index (χ0n) is 14.0. The minimum absolute atomic E-state index is 0.196. The van der Waals surface area contributed by atoms with Gasteiger partial charge in [-0.1, -0.05) is 38.1 Å². The Morgan fingerprint density at radius 2 is 1.76 bits per heavy atom. The van der Waals surface area contributed by atoms with Gasteiger partial charge < -0.3 is 9.52 Å². The Morgan fingerprint density at radius 1 is 1.12 bits per heavy atom. The zero-order chi connectivity index (χ0) is 18.0. The smallest absolute Gasteiger partial charge is 0.437 e. The number of hydrogen-bond donors (Lipinski definition) is 1. The van der Waals surface area contributed by atoms with E-state index in [2.05, 4.69) is 18.9 Å². The van der Waals surface area contributed by atoms with Crippen molar-refractivity contribution in [2.45, 2.75) is 26.3 Å². The van der Waals surface area contributed by atoms with Gasteiger partial charge in [-0.05, 0) is 41.3 Å². The summed E-state index contributed by atoms with van der Waals surface area (Å²) >= 11 is 0. The molecule has 1 aromatic heterocycles. The summed E-state index contributed by atoms with van der Waals surface area (Å²) in [6.07, 6.45) is 0. The third-order valence-electron chi connectivity index (χ3n) is 3.96. The standard InChI is InChI=1S/C19H18N2O4/c1-12(2)14-7-9-15(10-8-14)17-20-21(19(24)25-17)11-13-3-5-16(6-4-13)18(22)23/h3-10,12H,11H2,1-2H3,(H,22,23). The van der Waals surface area contributed by atoms with Gasteiger partial charge in [-0.15, -0.1) is 5.10 Å². The van der Waals surface area contributed by atoms with Gasteiger partial charge in [0, 0.05) is 5.56 Å². The predicted molar refractivity (Wildman–Crippen MR) is 92.8 cm³/mol. The van der Waals surface area contributed by atoms with Crippen LogP contribution in [0.5, 0.6) is 0 Å². The van der Waals surface area contributed by atoms with Crippen molar-refractivity contribution in [2.75, 3.05) is 0 Å². The van der Waals surface area contributed by atoms with Crippen LogP contribution in [0.2, 0.25) is 0 Å². The molecule has 0 unspecified atom stereocenters. The molecule has 25 heavy (non-hydrogen) atoms. The Bertz CT molecular complexity index is 935. The van der Waals surface area contributed by atoms with E-state index in [0.717, 1.165) is 11.1 Å². The fourth-order valence-electron chi connectivity index (χ4n) is 2.46. The molecule has 0 amide bonds. The first-order chi connectivity index (χ1) is 11.9. The Labute approximate surface area is 144 Å². The maximum Gasteiger partial charge on any atom is 0.437 e. The maximum atomic E-state index is 12.0. The molecule has 0 fully saturated rings. The van der Waals surface area contributed by atoms with Crippen LogP contribution in [0.15, 0.2) is 57.7 Å². The fraction of sp³-hybridized carbons (Fsp3) is 0.211. The molecule has 2 aromatic carbocycles. The number of carboxylic acid groups (broad SMARTS) is 1. The highest BCUT2D eigenvalue weighted by Crippen LogP contribution is 2.20. The number of hydrogen-bond acceptors (Lipinski definition) is 4. The van der Waals surface area contributed by atoms with E-state index in [0.29, 0.717) is 5.92 Å². The topological polar surface area (TPSA) is 85.3 Å². The minimum atomic E-state index is -0.989. The van der Waals surface area contributed by atoms with Crippen LogP contribution in [0.25, 0.3) is 11.5 Å². The first-order valence-corrected chi connectivity index (χ1v) is 7.94. The van der Waals surface area contributed by atoms with E-state index >= 15 is 0 Å². The number of aromatic carboxylic acids is 1. The van der Waals surface area contributed by atoms with Crippen LogP contribution in [0.3, 0.4) is 0 Å². The number of carboxylic acids is 1. The summed E-state index contributed by atoms with van der Waals surface area (Å²) in [6.45, 7) is 4.44. The van der Waals surface area contributed by atoms with Gasteiger partial charge in [0.1, 0.15) is 0 Å². The lowest BCUT2D eigenvalue weighted by Crippen LogP contribution is -2.16. The summed E-state index contributed by atoms with van der Waals surface area (Å²) in [5.41, 5.74) is 2.90. The summed E-state index contributed by atoms with van der Waals surface area (Å²) in [6, 6.07) is 14.0. The van der Waals surface area contributed by atoms with E-state index in [9.17, 15) is 9.59 Å². The third-order valence-corrected chi connectivity index (χ3v) is 3.96. The van der Waals surface area contributed by atoms with Gasteiger partial charge in [-0.2, -0.15) is 4.68 Å². The van der Waals surface area contributed by atoms with Crippen molar-refractivity contribution in [1.82, 2.24) is 9.78 Å². The molecule has 0 aliphatic rings. The molecule has 1 heterocycles. The molecule has 0 radical (unpaired) electrons. The first kappa shape index (κ1) is 16.7. The van der Waals surface area contributed by atoms with Gasteiger partial charge in [-0.25, -0.2) is 9.59 Å². The molecule has 0 atom stereocenters. The quantitative estimate of drug-likeness (QED) is 0.771. The number of benzene rings is 2. The van der Waals surface area contributed by atoms with Crippen LogP contribution in [0.4, 0.5) is 0 Å². The highest BCUT2D eigenvalue weighted by molar-refractivity contribution is 5.87. The van der Waals surface area contributed by atoms with Crippen molar-refractivity contribution in [3.63, 3.8) is 0 Å². The Morgan fingerprint density at radius 3 is 2.32 bits per heavy atom. The van der Waals surface area contributed by atoms with Gasteiger partial charge in [-0.3, -0.25) is 0 Å². The van der Waals surface area contributed by atoms with Crippen LogP contribution >= 0.6 is 0 Å². The molecule has 3 aromatic rings. The predicted octanol–water partition coefficient (Wildman–Crippen LogP) is 3.37. The van der Waals surface area contributed by atoms with E-state index in [4.69, 9.17) is 9.52 Å². The van der Waals surface area contributed by atoms with Crippen molar-refractivity contribution >= 4 is 5.97 Å². The molecule has 6 nitrogen and oxygen atoms in total. The first-order valence-electron chi connectivity index (χ1n) is 7.94. The number of aromatic nitrogens is 2. The molecule has 6 heteroatoms. The minimum Gasteiger partial charge on any atom is -0.478 e. The largest absolute Gasteiger partial charge is 0.478 e. The Hall–Kier alpha value is -3.15. The van der Waals surface area contributed by atoms with Crippen LogP contribution in [0.1, 0.15) is 41.3 Å². The molecule has 128 valence electrons. The summed E-state index contributed by atoms with van der Waals surface area (Å²) in [4.78, 5) is 22.9. The monoisotopic (exact) mass is 338 g/mol. The van der Waals surface area contributed by atoms with Crippen molar-refractivity contribution < 1.29 is 14.3 Å². The van der Waals surface area contributed by atoms with Gasteiger partial charge in [0.2, 0.25) is 5.89 Å². The van der Waals surface area contributed by atoms with E-state index in [1.54, 1.807) is 12.1 Å². The van der Waals surface area contributed by atoms with Gasteiger partial charge in [0.05, 0.1) is 12.1 Å². The van der Waals surface area contributed by atoms with Crippen molar-refractivity contribution in [2.24, 2.45) is 0 Å². The average molecular weight is 338 g/mol. The van der Waals surface area contributed by atoms with E-state index in [1.165, 1.54) is 22.4 Å². The highest BCUT2D eigenvalue weighted by atomic mass is 16.4. The number of nitrogens with zero attached hydrogens (tertiary/aromatic N) is 2. The Balaban J connectivity index is 1.82. The second-order valence-corrected chi connectivity index (χ2v) is 6.11. The molecule has 0 aliphatic heterocycles. The zero-order valence-corrected chi connectivity index (χ0v) is 14.0. The maximum absolute atomic E-state index is 12.0. The molecule has 0 aliphatic carbocycles. The second-order valence-electron chi connectivity index (χ2n) is 6.11. The van der Waals surface area contributed by atoms with E-state index in [-0.39, 0.29) is 18.0 Å². The second kappa shape index (κ2) is 6.76. The number of carbonyl (C=O) groups is 1. The van der Waals surface area contributed by atoms with Crippen LogP contribution in [0, 0.1) is 0 Å². The molecular weight excluding hydrogens is 320 g/mol. The molecule has 0 saturated carbocycles. The van der Waals surface area contributed by atoms with E-state index < -0.39 is 11.7 Å². The molecule has 0 bridgehead atoms. The van der Waals surface area contributed by atoms with Crippen molar-refractivity contribution in [3.05, 3.63) is 75.8 Å². The van der Waals surface area contributed by atoms with Gasteiger partial charge in [0.15, 0.2) is 0 Å². The van der Waals surface area contributed by atoms with Crippen molar-refractivity contribution in [1.29, 1.82) is 0 Å². The summed E-state index contributed by atoms with van der Waals surface area (Å²) < 4.78 is 6.46. The SMILES string of the molecule is CC(C)c1ccc(-c2nn(Cc3ccc(C(=O)O)cc3)c(=O)o2)cc1. The molecular formula is C19H18N2O4. The van der Waals surface area contributed by atoms with Crippen LogP contribution in [-0.2, 0) is 6.54 Å². The molecule has 0 saturated heterocycles. The molecule has 1 N–H and O–H groups in total. The highest BCUT2D eigenvalue weighted by Gasteiger charge is 2.11. The van der Waals surface area contributed by atoms with Crippen molar-refractivity contribution in [3.8, 4) is 11.5 Å². The van der Waals surface area contributed by atoms with Crippen LogP contribution < -0.4 is 5.76 Å². The van der Waals surface area contributed by atoms with Crippen LogP contribution in [-0.4, -0.2) is 20.9 Å². The van der Waals surface area contributed by atoms with Gasteiger partial charge >= 0.3 is 11.7 Å². The average Bonchev–Trinajstić information content (AvgIpc) is 2.96. The normalized spacial score (nSPS) is 11.0. The third kappa shape index (κ3) is 3.68. The molecule has 3 rings (SSSR count). The lowest BCUT2D eigenvalue weighted by molar-refractivity contribution is 0.0697. The summed E-state index contributed by atoms with van der Waals surface area (Å²) in [5, 5.41) is 13.1. The lowest BCUT2D eigenvalue weighted by atomic mass is 10.0. The number of rotatable bonds is 5. The molecule has 0 spiro atoms. The van der Waals surface area contributed by atoms with Gasteiger partial charge in [0.25, 0.3) is 0 Å². The summed E-state index contributed by atoms with van der Waals surface area (Å²) in [5.74, 6) is -0.850. The van der Waals surface area contributed by atoms with E-state index in [1.807, 2.05) is 24.3 Å². The summed E-state index contributed by atoms with van der Waals surface area (Å²) in [7, 11) is 0. The fourth-order valence-corrected chi connectivity index (χ4v) is 2.46. The lowest BCUT2D eigenvalue weighted by Gasteiger charge is -2.04. The Kier molecular flexibility index (Phi) is 4.52.